The summed E-state index contributed by atoms with van der Waals surface area (Å²) < 4.78 is 0. The fourth-order valence-corrected chi connectivity index (χ4v) is 1.86. The first-order valence-corrected chi connectivity index (χ1v) is 6.41. The molecule has 98 valence electrons. The Bertz CT molecular complexity index is 455. The Kier molecular flexibility index (Phi) is 8.23. The molecule has 2 aromatic rings. The van der Waals surface area contributed by atoms with E-state index in [2.05, 4.69) is 25.3 Å². The Balaban J connectivity index is 0.000000324. The second kappa shape index (κ2) is 8.52. The molecule has 0 heterocycles. The standard InChI is InChI=1S/2C7H9NS.Zn/c2*1-5-3-2-4-6(9)7(5)8;/h2*2-4,9H,8H2,1H3;. The van der Waals surface area contributed by atoms with Gasteiger partial charge in [0.05, 0.1) is 0 Å². The maximum atomic E-state index is 5.61. The van der Waals surface area contributed by atoms with E-state index in [9.17, 15) is 0 Å². The second-order valence-corrected chi connectivity index (χ2v) is 4.98. The van der Waals surface area contributed by atoms with Crippen molar-refractivity contribution in [1.29, 1.82) is 0 Å². The number of aryl methyl sites for hydroxylation is 2. The number of para-hydroxylation sites is 2. The molecule has 0 radical (unpaired) electrons. The van der Waals surface area contributed by atoms with Gasteiger partial charge >= 0.3 is 0 Å². The molecule has 0 atom stereocenters. The van der Waals surface area contributed by atoms with Crippen LogP contribution in [0.1, 0.15) is 11.1 Å². The van der Waals surface area contributed by atoms with E-state index in [0.717, 1.165) is 32.3 Å². The van der Waals surface area contributed by atoms with E-state index in [0.29, 0.717) is 0 Å². The minimum atomic E-state index is 0. The molecule has 2 nitrogen and oxygen atoms in total. The minimum absolute atomic E-state index is 0. The van der Waals surface area contributed by atoms with Crippen LogP contribution in [0.25, 0.3) is 0 Å². The summed E-state index contributed by atoms with van der Waals surface area (Å²) in [6.07, 6.45) is 0. The van der Waals surface area contributed by atoms with Crippen molar-refractivity contribution in [1.82, 2.24) is 0 Å². The summed E-state index contributed by atoms with van der Waals surface area (Å²) in [6.45, 7) is 3.93. The van der Waals surface area contributed by atoms with Gasteiger partial charge < -0.3 is 11.5 Å². The molecule has 0 spiro atoms. The van der Waals surface area contributed by atoms with Crippen LogP contribution < -0.4 is 11.5 Å². The smallest absolute Gasteiger partial charge is 0.0479 e. The van der Waals surface area contributed by atoms with Crippen LogP contribution in [-0.2, 0) is 19.5 Å². The maximum absolute atomic E-state index is 5.61. The number of anilines is 2. The van der Waals surface area contributed by atoms with Gasteiger partial charge in [-0.25, -0.2) is 0 Å². The number of thiol groups is 2. The average molecular weight is 344 g/mol. The molecule has 0 aliphatic heterocycles. The molecule has 2 aromatic carbocycles. The molecule has 0 fully saturated rings. The number of nitrogen functional groups attached to an aromatic ring is 2. The molecule has 0 saturated heterocycles. The van der Waals surface area contributed by atoms with Gasteiger partial charge in [0.2, 0.25) is 0 Å². The van der Waals surface area contributed by atoms with E-state index in [4.69, 9.17) is 11.5 Å². The number of nitrogens with two attached hydrogens (primary N) is 2. The third kappa shape index (κ3) is 5.47. The molecule has 0 unspecified atom stereocenters. The number of hydrogen-bond donors (Lipinski definition) is 4. The van der Waals surface area contributed by atoms with Gasteiger partial charge in [0, 0.05) is 40.6 Å². The summed E-state index contributed by atoms with van der Waals surface area (Å²) in [5, 5.41) is 0. The molecule has 0 aromatic heterocycles. The predicted molar refractivity (Wildman–Crippen MR) is 85.7 cm³/mol. The molecule has 4 N–H and O–H groups in total. The van der Waals surface area contributed by atoms with Crippen LogP contribution in [0.5, 0.6) is 0 Å². The van der Waals surface area contributed by atoms with Crippen molar-refractivity contribution in [3.8, 4) is 0 Å². The SMILES string of the molecule is Cc1cccc(S)c1N.Cc1cccc(S)c1N.[Zn]. The van der Waals surface area contributed by atoms with Gasteiger partial charge in [-0.3, -0.25) is 0 Å². The maximum Gasteiger partial charge on any atom is 0.0479 e. The monoisotopic (exact) mass is 342 g/mol. The van der Waals surface area contributed by atoms with Gasteiger partial charge in [-0.15, -0.1) is 25.3 Å². The Morgan fingerprint density at radius 2 is 1.05 bits per heavy atom. The average Bonchev–Trinajstić information content (AvgIpc) is 2.34. The van der Waals surface area contributed by atoms with Gasteiger partial charge in [-0.05, 0) is 37.1 Å². The number of benzene rings is 2. The Morgan fingerprint density at radius 1 is 0.737 bits per heavy atom. The quantitative estimate of drug-likeness (QED) is 0.335. The van der Waals surface area contributed by atoms with Crippen molar-refractivity contribution in [2.75, 3.05) is 11.5 Å². The molecule has 5 heteroatoms. The Morgan fingerprint density at radius 3 is 1.26 bits per heavy atom. The van der Waals surface area contributed by atoms with E-state index in [-0.39, 0.29) is 19.5 Å². The molecule has 0 aliphatic rings. The molecule has 0 bridgehead atoms. The first-order chi connectivity index (χ1) is 8.43. The van der Waals surface area contributed by atoms with E-state index in [1.54, 1.807) is 0 Å². The van der Waals surface area contributed by atoms with E-state index in [1.807, 2.05) is 50.2 Å². The molecular weight excluding hydrogens is 326 g/mol. The Hall–Kier alpha value is -0.637. The van der Waals surface area contributed by atoms with Gasteiger partial charge in [-0.2, -0.15) is 0 Å². The van der Waals surface area contributed by atoms with Gasteiger partial charge in [0.1, 0.15) is 0 Å². The van der Waals surface area contributed by atoms with Gasteiger partial charge in [-0.1, -0.05) is 24.3 Å². The minimum Gasteiger partial charge on any atom is -0.398 e. The third-order valence-corrected chi connectivity index (χ3v) is 3.38. The van der Waals surface area contributed by atoms with E-state index in [1.165, 1.54) is 0 Å². The zero-order chi connectivity index (χ0) is 13.7. The molecule has 19 heavy (non-hydrogen) atoms. The van der Waals surface area contributed by atoms with Crippen LogP contribution in [0.2, 0.25) is 0 Å². The van der Waals surface area contributed by atoms with Crippen molar-refractivity contribution in [3.63, 3.8) is 0 Å². The molecule has 0 amide bonds. The topological polar surface area (TPSA) is 52.0 Å². The van der Waals surface area contributed by atoms with Crippen molar-refractivity contribution in [2.45, 2.75) is 23.6 Å². The second-order valence-electron chi connectivity index (χ2n) is 4.02. The zero-order valence-electron chi connectivity index (χ0n) is 11.2. The number of rotatable bonds is 0. The van der Waals surface area contributed by atoms with Crippen LogP contribution >= 0.6 is 25.3 Å². The van der Waals surface area contributed by atoms with Crippen LogP contribution in [0, 0.1) is 13.8 Å². The van der Waals surface area contributed by atoms with Gasteiger partial charge in [0.15, 0.2) is 0 Å². The van der Waals surface area contributed by atoms with Crippen LogP contribution in [0.4, 0.5) is 11.4 Å². The summed E-state index contributed by atoms with van der Waals surface area (Å²) in [7, 11) is 0. The first-order valence-electron chi connectivity index (χ1n) is 5.51. The summed E-state index contributed by atoms with van der Waals surface area (Å²) in [5.41, 5.74) is 14.9. The van der Waals surface area contributed by atoms with Gasteiger partial charge in [0.25, 0.3) is 0 Å². The molecule has 2 rings (SSSR count). The summed E-state index contributed by atoms with van der Waals surface area (Å²) in [4.78, 5) is 1.71. The summed E-state index contributed by atoms with van der Waals surface area (Å²) in [5.74, 6) is 0. The van der Waals surface area contributed by atoms with Crippen molar-refractivity contribution in [2.24, 2.45) is 0 Å². The van der Waals surface area contributed by atoms with Crippen LogP contribution in [0.3, 0.4) is 0 Å². The third-order valence-electron chi connectivity index (χ3n) is 2.60. The predicted octanol–water partition coefficient (Wildman–Crippen LogP) is 3.73. The van der Waals surface area contributed by atoms with Crippen molar-refractivity contribution >= 4 is 36.6 Å². The van der Waals surface area contributed by atoms with Crippen LogP contribution in [-0.4, -0.2) is 0 Å². The van der Waals surface area contributed by atoms with Crippen LogP contribution in [0.15, 0.2) is 46.2 Å². The van der Waals surface area contributed by atoms with Crippen molar-refractivity contribution < 1.29 is 19.5 Å². The molecule has 0 saturated carbocycles. The van der Waals surface area contributed by atoms with E-state index >= 15 is 0 Å². The first kappa shape index (κ1) is 18.4. The molecule has 0 aliphatic carbocycles. The largest absolute Gasteiger partial charge is 0.398 e. The normalized spacial score (nSPS) is 9.05. The zero-order valence-corrected chi connectivity index (χ0v) is 16.0. The molecular formula is C14H18N2S2Zn. The summed E-state index contributed by atoms with van der Waals surface area (Å²) in [6, 6.07) is 11.6. The Labute approximate surface area is 138 Å². The fourth-order valence-electron chi connectivity index (χ4n) is 1.33. The van der Waals surface area contributed by atoms with E-state index < -0.39 is 0 Å². The van der Waals surface area contributed by atoms with Crippen molar-refractivity contribution in [3.05, 3.63) is 47.5 Å². The summed E-state index contributed by atoms with van der Waals surface area (Å²) >= 11 is 8.29. The fraction of sp³-hybridized carbons (Fsp3) is 0.143. The number of hydrogen-bond acceptors (Lipinski definition) is 4.